The average molecular weight is 289 g/mol. The van der Waals surface area contributed by atoms with Crippen molar-refractivity contribution in [1.29, 1.82) is 0 Å². The summed E-state index contributed by atoms with van der Waals surface area (Å²) in [4.78, 5) is 32.9. The lowest BCUT2D eigenvalue weighted by Gasteiger charge is -2.06. The minimum Gasteiger partial charge on any atom is -0.326 e. The quantitative estimate of drug-likeness (QED) is 0.502. The maximum Gasteiger partial charge on any atom is 0.248 e. The van der Waals surface area contributed by atoms with Crippen LogP contribution in [0.1, 0.15) is 24.2 Å². The van der Waals surface area contributed by atoms with Crippen LogP contribution in [0.5, 0.6) is 0 Å². The third-order valence-corrected chi connectivity index (χ3v) is 2.96. The van der Waals surface area contributed by atoms with Gasteiger partial charge in [-0.25, -0.2) is 5.48 Å². The molecule has 0 aromatic carbocycles. The number of hydrogen-bond acceptors (Lipinski definition) is 4. The molecule has 0 aliphatic heterocycles. The predicted molar refractivity (Wildman–Crippen MR) is 79.9 cm³/mol. The van der Waals surface area contributed by atoms with E-state index < -0.39 is 0 Å². The molecule has 2 heterocycles. The summed E-state index contributed by atoms with van der Waals surface area (Å²) in [5.41, 5.74) is 4.34. The Morgan fingerprint density at radius 1 is 0.905 bits per heavy atom. The molecule has 6 heteroatoms. The number of rotatable bonds is 8. The normalized spacial score (nSPS) is 10.7. The summed E-state index contributed by atoms with van der Waals surface area (Å²) in [6.07, 6.45) is 2.73. The molecule has 0 saturated carbocycles. The first-order chi connectivity index (χ1) is 10.2. The second kappa shape index (κ2) is 8.18. The van der Waals surface area contributed by atoms with Crippen molar-refractivity contribution in [2.45, 2.75) is 25.9 Å². The van der Waals surface area contributed by atoms with Gasteiger partial charge in [0.25, 0.3) is 0 Å². The first-order valence-electron chi connectivity index (χ1n) is 6.95. The molecule has 0 fully saturated rings. The van der Waals surface area contributed by atoms with Gasteiger partial charge in [-0.3, -0.25) is 14.4 Å². The zero-order valence-corrected chi connectivity index (χ0v) is 11.7. The van der Waals surface area contributed by atoms with Crippen molar-refractivity contribution in [3.63, 3.8) is 0 Å². The molecule has 2 rings (SSSR count). The van der Waals surface area contributed by atoms with E-state index in [0.717, 1.165) is 30.7 Å². The van der Waals surface area contributed by atoms with Gasteiger partial charge in [-0.2, -0.15) is 0 Å². The summed E-state index contributed by atoms with van der Waals surface area (Å²) in [6, 6.07) is 10.1. The van der Waals surface area contributed by atoms with Crippen LogP contribution in [0.4, 0.5) is 0 Å². The van der Waals surface area contributed by atoms with Crippen LogP contribution in [0.3, 0.4) is 0 Å². The molecule has 0 atom stereocenters. The fourth-order valence-corrected chi connectivity index (χ4v) is 1.93. The minimum absolute atomic E-state index is 0.0641. The molecule has 0 bridgehead atoms. The second-order valence-corrected chi connectivity index (χ2v) is 4.72. The molecule has 0 spiro atoms. The molecule has 0 radical (unpaired) electrons. The molecule has 0 aliphatic rings. The van der Waals surface area contributed by atoms with Gasteiger partial charge in [0.15, 0.2) is 0 Å². The van der Waals surface area contributed by atoms with Gasteiger partial charge < -0.3 is 9.97 Å². The average Bonchev–Trinajstić information content (AvgIpc) is 2.46. The molecule has 0 aliphatic carbocycles. The van der Waals surface area contributed by atoms with E-state index in [1.54, 1.807) is 18.2 Å². The maximum absolute atomic E-state index is 11.1. The standard InChI is InChI=1S/C15H19N3O3/c19-14-8-3-6-12(17-14)5-1-2-10-16-21-11-13-7-4-9-15(20)18-13/h3-4,6-9,16H,1-2,5,10-11H2,(H,17,19)(H,18,20). The molecule has 112 valence electrons. The van der Waals surface area contributed by atoms with Crippen molar-refractivity contribution in [2.24, 2.45) is 0 Å². The van der Waals surface area contributed by atoms with Crippen LogP contribution >= 0.6 is 0 Å². The van der Waals surface area contributed by atoms with Crippen molar-refractivity contribution < 1.29 is 4.84 Å². The summed E-state index contributed by atoms with van der Waals surface area (Å²) in [5, 5.41) is 0. The van der Waals surface area contributed by atoms with E-state index in [2.05, 4.69) is 15.4 Å². The number of H-pyrrole nitrogens is 2. The number of pyridine rings is 2. The van der Waals surface area contributed by atoms with Crippen molar-refractivity contribution in [3.05, 3.63) is 68.5 Å². The van der Waals surface area contributed by atoms with Gasteiger partial charge in [0.2, 0.25) is 11.1 Å². The summed E-state index contributed by atoms with van der Waals surface area (Å²) in [7, 11) is 0. The van der Waals surface area contributed by atoms with Crippen molar-refractivity contribution >= 4 is 0 Å². The summed E-state index contributed by atoms with van der Waals surface area (Å²) >= 11 is 0. The molecule has 2 aromatic heterocycles. The van der Waals surface area contributed by atoms with E-state index >= 15 is 0 Å². The van der Waals surface area contributed by atoms with Crippen molar-refractivity contribution in [2.75, 3.05) is 6.54 Å². The third kappa shape index (κ3) is 5.76. The minimum atomic E-state index is -0.132. The first kappa shape index (κ1) is 15.2. The highest BCUT2D eigenvalue weighted by Crippen LogP contribution is 1.99. The van der Waals surface area contributed by atoms with Gasteiger partial charge in [-0.15, -0.1) is 0 Å². The number of hydrogen-bond donors (Lipinski definition) is 3. The number of aryl methyl sites for hydroxylation is 1. The van der Waals surface area contributed by atoms with Crippen LogP contribution in [0.25, 0.3) is 0 Å². The summed E-state index contributed by atoms with van der Waals surface area (Å²) in [5.74, 6) is 0. The van der Waals surface area contributed by atoms with Gasteiger partial charge in [-0.1, -0.05) is 12.1 Å². The van der Waals surface area contributed by atoms with Gasteiger partial charge in [0.05, 0.1) is 0 Å². The molecule has 3 N–H and O–H groups in total. The third-order valence-electron chi connectivity index (χ3n) is 2.96. The second-order valence-electron chi connectivity index (χ2n) is 4.72. The van der Waals surface area contributed by atoms with Crippen LogP contribution in [-0.4, -0.2) is 16.5 Å². The van der Waals surface area contributed by atoms with Crippen LogP contribution in [0.15, 0.2) is 46.0 Å². The van der Waals surface area contributed by atoms with E-state index in [0.29, 0.717) is 13.2 Å². The highest BCUT2D eigenvalue weighted by atomic mass is 16.6. The van der Waals surface area contributed by atoms with Gasteiger partial charge in [-0.05, 0) is 31.4 Å². The largest absolute Gasteiger partial charge is 0.326 e. The Bertz CT molecular complexity index is 606. The number of aromatic nitrogens is 2. The molecule has 0 amide bonds. The zero-order chi connectivity index (χ0) is 14.9. The molecule has 0 unspecified atom stereocenters. The number of aromatic amines is 2. The van der Waals surface area contributed by atoms with Gasteiger partial charge in [0, 0.05) is 30.1 Å². The highest BCUT2D eigenvalue weighted by molar-refractivity contribution is 5.03. The van der Waals surface area contributed by atoms with Gasteiger partial charge in [0.1, 0.15) is 6.61 Å². The number of hydroxylamine groups is 1. The Morgan fingerprint density at radius 3 is 2.29 bits per heavy atom. The smallest absolute Gasteiger partial charge is 0.248 e. The predicted octanol–water partition coefficient (Wildman–Crippen LogP) is 1.11. The fourth-order valence-electron chi connectivity index (χ4n) is 1.93. The first-order valence-corrected chi connectivity index (χ1v) is 6.95. The fraction of sp³-hybridized carbons (Fsp3) is 0.333. The number of unbranched alkanes of at least 4 members (excludes halogenated alkanes) is 1. The Morgan fingerprint density at radius 2 is 1.57 bits per heavy atom. The topological polar surface area (TPSA) is 87.0 Å². The van der Waals surface area contributed by atoms with Crippen LogP contribution in [0.2, 0.25) is 0 Å². The van der Waals surface area contributed by atoms with Crippen molar-refractivity contribution in [1.82, 2.24) is 15.4 Å². The summed E-state index contributed by atoms with van der Waals surface area (Å²) in [6.45, 7) is 1.04. The Hall–Kier alpha value is -2.18. The van der Waals surface area contributed by atoms with Gasteiger partial charge >= 0.3 is 0 Å². The zero-order valence-electron chi connectivity index (χ0n) is 11.7. The lowest BCUT2D eigenvalue weighted by molar-refractivity contribution is 0.0254. The molecule has 21 heavy (non-hydrogen) atoms. The van der Waals surface area contributed by atoms with Crippen LogP contribution in [0, 0.1) is 0 Å². The van der Waals surface area contributed by atoms with E-state index in [1.165, 1.54) is 12.1 Å². The lowest BCUT2D eigenvalue weighted by atomic mass is 10.2. The lowest BCUT2D eigenvalue weighted by Crippen LogP contribution is -2.17. The maximum atomic E-state index is 11.1. The Labute approximate surface area is 122 Å². The van der Waals surface area contributed by atoms with E-state index in [-0.39, 0.29) is 11.1 Å². The summed E-state index contributed by atoms with van der Waals surface area (Å²) < 4.78 is 0. The van der Waals surface area contributed by atoms with E-state index in [4.69, 9.17) is 4.84 Å². The molecular formula is C15H19N3O3. The monoisotopic (exact) mass is 289 g/mol. The molecule has 2 aromatic rings. The van der Waals surface area contributed by atoms with E-state index in [9.17, 15) is 9.59 Å². The Kier molecular flexibility index (Phi) is 5.93. The van der Waals surface area contributed by atoms with Crippen molar-refractivity contribution in [3.8, 4) is 0 Å². The van der Waals surface area contributed by atoms with Crippen LogP contribution in [-0.2, 0) is 17.9 Å². The van der Waals surface area contributed by atoms with E-state index in [1.807, 2.05) is 6.07 Å². The SMILES string of the molecule is O=c1cccc(CCCCNOCc2cccc(=O)[nH]2)[nH]1. The molecular weight excluding hydrogens is 270 g/mol. The molecule has 6 nitrogen and oxygen atoms in total. The van der Waals surface area contributed by atoms with Crippen LogP contribution < -0.4 is 16.6 Å². The Balaban J connectivity index is 1.56. The number of nitrogens with one attached hydrogen (secondary N) is 3. The molecule has 0 saturated heterocycles. The highest BCUT2D eigenvalue weighted by Gasteiger charge is 1.96.